The van der Waals surface area contributed by atoms with Gasteiger partial charge in [-0.1, -0.05) is 6.07 Å². The van der Waals surface area contributed by atoms with Crippen molar-refractivity contribution < 1.29 is 9.59 Å². The first-order valence-electron chi connectivity index (χ1n) is 10.2. The Kier molecular flexibility index (Phi) is 5.17. The maximum atomic E-state index is 12.9. The predicted octanol–water partition coefficient (Wildman–Crippen LogP) is 1.91. The van der Waals surface area contributed by atoms with Gasteiger partial charge in [-0.05, 0) is 51.3 Å². The van der Waals surface area contributed by atoms with E-state index in [1.807, 2.05) is 35.0 Å². The van der Waals surface area contributed by atoms with E-state index in [1.54, 1.807) is 6.20 Å². The van der Waals surface area contributed by atoms with Crippen molar-refractivity contribution in [2.24, 2.45) is 5.41 Å². The number of carbonyl (C=O) groups excluding carboxylic acids is 2. The van der Waals surface area contributed by atoms with Crippen molar-refractivity contribution in [3.05, 3.63) is 30.1 Å². The highest BCUT2D eigenvalue weighted by Crippen LogP contribution is 2.42. The molecule has 0 N–H and O–H groups in total. The van der Waals surface area contributed by atoms with Gasteiger partial charge in [0, 0.05) is 50.3 Å². The number of hydrogen-bond acceptors (Lipinski definition) is 4. The summed E-state index contributed by atoms with van der Waals surface area (Å²) in [5.74, 6) is 0.518. The number of carbonyl (C=O) groups is 2. The van der Waals surface area contributed by atoms with Gasteiger partial charge in [0.1, 0.15) is 0 Å². The SMILES string of the molecule is CN(CC(=O)N1CCCC2(CCC(=O)N(C3CC3)C2)C1)Cc1ccccn1. The third-order valence-electron chi connectivity index (χ3n) is 6.26. The summed E-state index contributed by atoms with van der Waals surface area (Å²) in [6.45, 7) is 3.59. The highest BCUT2D eigenvalue weighted by Gasteiger charge is 2.46. The molecule has 1 unspecified atom stereocenters. The minimum absolute atomic E-state index is 0.115. The minimum Gasteiger partial charge on any atom is -0.341 e. The van der Waals surface area contributed by atoms with Gasteiger partial charge in [-0.15, -0.1) is 0 Å². The lowest BCUT2D eigenvalue weighted by Crippen LogP contribution is -2.56. The molecule has 2 saturated heterocycles. The van der Waals surface area contributed by atoms with E-state index in [0.29, 0.717) is 31.5 Å². The number of rotatable bonds is 5. The van der Waals surface area contributed by atoms with Crippen LogP contribution in [0.1, 0.15) is 44.2 Å². The number of likely N-dealkylation sites (N-methyl/N-ethyl adjacent to an activating group) is 1. The van der Waals surface area contributed by atoms with Crippen molar-refractivity contribution in [3.8, 4) is 0 Å². The van der Waals surface area contributed by atoms with Gasteiger partial charge >= 0.3 is 0 Å². The molecule has 27 heavy (non-hydrogen) atoms. The average molecular weight is 370 g/mol. The van der Waals surface area contributed by atoms with E-state index in [2.05, 4.69) is 9.88 Å². The standard InChI is InChI=1S/C21H30N4O2/c1-23(13-17-5-2-3-11-22-17)14-20(27)24-12-4-9-21(15-24)10-8-19(26)25(16-21)18-6-7-18/h2-3,5,11,18H,4,6-10,12-16H2,1H3. The first-order valence-corrected chi connectivity index (χ1v) is 10.2. The second kappa shape index (κ2) is 7.58. The van der Waals surface area contributed by atoms with Gasteiger partial charge in [-0.3, -0.25) is 19.5 Å². The molecule has 146 valence electrons. The third-order valence-corrected chi connectivity index (χ3v) is 6.26. The zero-order valence-corrected chi connectivity index (χ0v) is 16.3. The lowest BCUT2D eigenvalue weighted by Gasteiger charge is -2.48. The first kappa shape index (κ1) is 18.4. The molecule has 0 bridgehead atoms. The first-order chi connectivity index (χ1) is 13.0. The maximum Gasteiger partial charge on any atom is 0.236 e. The molecular weight excluding hydrogens is 340 g/mol. The lowest BCUT2D eigenvalue weighted by molar-refractivity contribution is -0.144. The van der Waals surface area contributed by atoms with Crippen LogP contribution in [0.15, 0.2) is 24.4 Å². The lowest BCUT2D eigenvalue weighted by atomic mass is 9.73. The van der Waals surface area contributed by atoms with E-state index in [0.717, 1.165) is 57.4 Å². The van der Waals surface area contributed by atoms with Crippen molar-refractivity contribution >= 4 is 11.8 Å². The summed E-state index contributed by atoms with van der Waals surface area (Å²) >= 11 is 0. The van der Waals surface area contributed by atoms with E-state index in [-0.39, 0.29) is 11.3 Å². The van der Waals surface area contributed by atoms with Gasteiger partial charge in [0.15, 0.2) is 0 Å². The number of nitrogens with zero attached hydrogens (tertiary/aromatic N) is 4. The van der Waals surface area contributed by atoms with Crippen LogP contribution in [0.25, 0.3) is 0 Å². The molecule has 4 rings (SSSR count). The van der Waals surface area contributed by atoms with Crippen LogP contribution in [0.5, 0.6) is 0 Å². The number of pyridine rings is 1. The fraction of sp³-hybridized carbons (Fsp3) is 0.667. The van der Waals surface area contributed by atoms with Gasteiger partial charge in [-0.25, -0.2) is 0 Å². The summed E-state index contributed by atoms with van der Waals surface area (Å²) in [4.78, 5) is 35.7. The third kappa shape index (κ3) is 4.32. The van der Waals surface area contributed by atoms with Crippen molar-refractivity contribution in [3.63, 3.8) is 0 Å². The molecule has 6 nitrogen and oxygen atoms in total. The molecule has 1 aliphatic carbocycles. The smallest absolute Gasteiger partial charge is 0.236 e. The van der Waals surface area contributed by atoms with Crippen molar-refractivity contribution in [2.45, 2.75) is 51.1 Å². The zero-order chi connectivity index (χ0) is 18.9. The van der Waals surface area contributed by atoms with E-state index in [1.165, 1.54) is 0 Å². The van der Waals surface area contributed by atoms with Crippen molar-refractivity contribution in [1.82, 2.24) is 19.7 Å². The Balaban J connectivity index is 1.34. The summed E-state index contributed by atoms with van der Waals surface area (Å²) < 4.78 is 0. The number of hydrogen-bond donors (Lipinski definition) is 0. The molecule has 6 heteroatoms. The van der Waals surface area contributed by atoms with Gasteiger partial charge in [0.2, 0.25) is 11.8 Å². The van der Waals surface area contributed by atoms with Crippen LogP contribution in [0, 0.1) is 5.41 Å². The Labute approximate surface area is 161 Å². The number of aromatic nitrogens is 1. The van der Waals surface area contributed by atoms with Crippen LogP contribution in [-0.4, -0.2) is 70.8 Å². The fourth-order valence-electron chi connectivity index (χ4n) is 4.67. The van der Waals surface area contributed by atoms with Gasteiger partial charge in [0.05, 0.1) is 12.2 Å². The van der Waals surface area contributed by atoms with Crippen molar-refractivity contribution in [2.75, 3.05) is 33.2 Å². The maximum absolute atomic E-state index is 12.9. The van der Waals surface area contributed by atoms with Crippen LogP contribution >= 0.6 is 0 Å². The van der Waals surface area contributed by atoms with E-state index in [4.69, 9.17) is 0 Å². The monoisotopic (exact) mass is 370 g/mol. The molecular formula is C21H30N4O2. The van der Waals surface area contributed by atoms with Gasteiger partial charge in [-0.2, -0.15) is 0 Å². The van der Waals surface area contributed by atoms with Crippen molar-refractivity contribution in [1.29, 1.82) is 0 Å². The number of piperidine rings is 2. The average Bonchev–Trinajstić information content (AvgIpc) is 3.50. The largest absolute Gasteiger partial charge is 0.341 e. The molecule has 1 aromatic rings. The topological polar surface area (TPSA) is 56.8 Å². The molecule has 3 heterocycles. The highest BCUT2D eigenvalue weighted by molar-refractivity contribution is 5.79. The Hall–Kier alpha value is -1.95. The summed E-state index contributed by atoms with van der Waals surface area (Å²) in [6, 6.07) is 6.34. The molecule has 1 aromatic heterocycles. The second-order valence-corrected chi connectivity index (χ2v) is 8.67. The quantitative estimate of drug-likeness (QED) is 0.794. The number of likely N-dealkylation sites (tertiary alicyclic amines) is 2. The molecule has 1 spiro atoms. The van der Waals surface area contributed by atoms with Crippen LogP contribution in [-0.2, 0) is 16.1 Å². The molecule has 2 aliphatic heterocycles. The van der Waals surface area contributed by atoms with Crippen LogP contribution in [0.4, 0.5) is 0 Å². The predicted molar refractivity (Wildman–Crippen MR) is 103 cm³/mol. The molecule has 3 aliphatic rings. The van der Waals surface area contributed by atoms with E-state index in [9.17, 15) is 9.59 Å². The summed E-state index contributed by atoms with van der Waals surface area (Å²) in [6.07, 6.45) is 7.86. The molecule has 1 atom stereocenters. The van der Waals surface area contributed by atoms with Crippen LogP contribution in [0.2, 0.25) is 0 Å². The van der Waals surface area contributed by atoms with E-state index < -0.39 is 0 Å². The van der Waals surface area contributed by atoms with Gasteiger partial charge in [0.25, 0.3) is 0 Å². The summed E-state index contributed by atoms with van der Waals surface area (Å²) in [7, 11) is 1.97. The molecule has 2 amide bonds. The Morgan fingerprint density at radius 3 is 2.89 bits per heavy atom. The Bertz CT molecular complexity index is 691. The number of amides is 2. The van der Waals surface area contributed by atoms with Gasteiger partial charge < -0.3 is 9.80 Å². The molecule has 0 aromatic carbocycles. The Morgan fingerprint density at radius 2 is 2.15 bits per heavy atom. The molecule has 3 fully saturated rings. The fourth-order valence-corrected chi connectivity index (χ4v) is 4.67. The van der Waals surface area contributed by atoms with E-state index >= 15 is 0 Å². The van der Waals surface area contributed by atoms with Crippen LogP contribution in [0.3, 0.4) is 0 Å². The zero-order valence-electron chi connectivity index (χ0n) is 16.3. The molecule has 1 saturated carbocycles. The molecule has 0 radical (unpaired) electrons. The Morgan fingerprint density at radius 1 is 1.30 bits per heavy atom. The summed E-state index contributed by atoms with van der Waals surface area (Å²) in [5.41, 5.74) is 1.10. The summed E-state index contributed by atoms with van der Waals surface area (Å²) in [5, 5.41) is 0. The second-order valence-electron chi connectivity index (χ2n) is 8.67. The minimum atomic E-state index is 0.115. The van der Waals surface area contributed by atoms with Crippen LogP contribution < -0.4 is 0 Å². The highest BCUT2D eigenvalue weighted by atomic mass is 16.2. The normalized spacial score (nSPS) is 26.1.